The quantitative estimate of drug-likeness (QED) is 0.337. The number of para-hydroxylation sites is 2. The Kier molecular flexibility index (Phi) is 6.20. The number of Topliss-reactive ketones (excluding diaryl/α,β-unsaturated/α-hetero) is 1. The van der Waals surface area contributed by atoms with Crippen molar-refractivity contribution in [2.75, 3.05) is 13.1 Å². The molecule has 2 fully saturated rings. The van der Waals surface area contributed by atoms with Gasteiger partial charge in [0.15, 0.2) is 11.6 Å². The van der Waals surface area contributed by atoms with E-state index in [1.165, 1.54) is 6.07 Å². The number of ketones is 1. The highest BCUT2D eigenvalue weighted by atomic mass is 19.1. The number of likely N-dealkylation sites (tertiary alicyclic amines) is 2. The summed E-state index contributed by atoms with van der Waals surface area (Å²) in [6.45, 7) is 4.82. The lowest BCUT2D eigenvalue weighted by Gasteiger charge is -2.36. The SMILES string of the molecule is CC(C)C[C@H](CC(=O)c1cc2c(F)cc(F)cc2[nH]1)C(=O)N1C[C@@H]2C[C@H]1CN2C(=O)c1nc2ccccc2[nH]1. The van der Waals surface area contributed by atoms with Crippen LogP contribution >= 0.6 is 0 Å². The number of H-pyrrole nitrogens is 2. The van der Waals surface area contributed by atoms with E-state index >= 15 is 0 Å². The average molecular weight is 534 g/mol. The first-order valence-electron chi connectivity index (χ1n) is 13.2. The molecule has 2 saturated heterocycles. The first kappa shape index (κ1) is 25.2. The van der Waals surface area contributed by atoms with Gasteiger partial charge < -0.3 is 19.8 Å². The Hall–Kier alpha value is -4.08. The highest BCUT2D eigenvalue weighted by Crippen LogP contribution is 2.34. The predicted molar refractivity (Wildman–Crippen MR) is 141 cm³/mol. The number of hydrogen-bond donors (Lipinski definition) is 2. The number of imidazole rings is 1. The number of fused-ring (bicyclic) bond motifs is 4. The standard InChI is InChI=1S/C29H29F2N5O3/c1-15(2)7-16(8-26(37)25-12-20-21(31)9-17(30)10-24(20)32-25)28(38)35-13-19-11-18(35)14-36(19)29(39)27-33-22-5-3-4-6-23(22)34-27/h3-6,9-10,12,15-16,18-19,32H,7-8,11,13-14H2,1-2H3,(H,33,34)/t16-,18+,19+/m1/s1. The van der Waals surface area contributed by atoms with E-state index in [1.54, 1.807) is 4.90 Å². The van der Waals surface area contributed by atoms with Crippen LogP contribution in [-0.2, 0) is 4.79 Å². The summed E-state index contributed by atoms with van der Waals surface area (Å²) in [5.74, 6) is -2.17. The number of carbonyl (C=O) groups excluding carboxylic acids is 3. The van der Waals surface area contributed by atoms with Crippen LogP contribution in [0, 0.1) is 23.5 Å². The van der Waals surface area contributed by atoms with Gasteiger partial charge in [0.25, 0.3) is 5.91 Å². The summed E-state index contributed by atoms with van der Waals surface area (Å²) in [4.78, 5) is 54.0. The summed E-state index contributed by atoms with van der Waals surface area (Å²) in [5, 5.41) is 0.137. The van der Waals surface area contributed by atoms with E-state index < -0.39 is 17.6 Å². The average Bonchev–Trinajstić information content (AvgIpc) is 3.68. The molecule has 0 unspecified atom stereocenters. The van der Waals surface area contributed by atoms with Crippen molar-refractivity contribution in [1.82, 2.24) is 24.8 Å². The minimum absolute atomic E-state index is 0.0382. The highest BCUT2D eigenvalue weighted by Gasteiger charge is 2.48. The summed E-state index contributed by atoms with van der Waals surface area (Å²) >= 11 is 0. The first-order valence-corrected chi connectivity index (χ1v) is 13.2. The molecule has 2 aromatic carbocycles. The molecule has 0 saturated carbocycles. The zero-order valence-corrected chi connectivity index (χ0v) is 21.7. The van der Waals surface area contributed by atoms with Gasteiger partial charge in [-0.2, -0.15) is 0 Å². The Balaban J connectivity index is 1.16. The van der Waals surface area contributed by atoms with E-state index in [9.17, 15) is 23.2 Å². The summed E-state index contributed by atoms with van der Waals surface area (Å²) in [7, 11) is 0. The van der Waals surface area contributed by atoms with Gasteiger partial charge >= 0.3 is 0 Å². The maximum atomic E-state index is 14.2. The van der Waals surface area contributed by atoms with Crippen LogP contribution in [-0.4, -0.2) is 67.5 Å². The Bertz CT molecular complexity index is 1580. The fourth-order valence-corrected chi connectivity index (χ4v) is 6.10. The smallest absolute Gasteiger partial charge is 0.290 e. The van der Waals surface area contributed by atoms with Crippen LogP contribution in [0.3, 0.4) is 0 Å². The molecule has 2 aromatic heterocycles. The zero-order chi connectivity index (χ0) is 27.4. The molecule has 2 aliphatic rings. The number of amides is 2. The fourth-order valence-electron chi connectivity index (χ4n) is 6.10. The molecule has 2 aliphatic heterocycles. The third kappa shape index (κ3) is 4.57. The fraction of sp³-hybridized carbons (Fsp3) is 0.379. The lowest BCUT2D eigenvalue weighted by atomic mass is 9.90. The zero-order valence-electron chi connectivity index (χ0n) is 21.7. The molecule has 6 rings (SSSR count). The number of aromatic nitrogens is 3. The number of aromatic amines is 2. The van der Waals surface area contributed by atoms with Gasteiger partial charge in [0.2, 0.25) is 5.91 Å². The van der Waals surface area contributed by atoms with E-state index in [0.29, 0.717) is 31.8 Å². The van der Waals surface area contributed by atoms with Gasteiger partial charge in [0.05, 0.1) is 34.3 Å². The van der Waals surface area contributed by atoms with Gasteiger partial charge in [-0.05, 0) is 43.0 Å². The van der Waals surface area contributed by atoms with Gasteiger partial charge in [-0.15, -0.1) is 0 Å². The van der Waals surface area contributed by atoms with Crippen LogP contribution in [0.4, 0.5) is 8.78 Å². The minimum atomic E-state index is -0.745. The molecule has 0 spiro atoms. The Morgan fingerprint density at radius 3 is 2.46 bits per heavy atom. The molecule has 0 radical (unpaired) electrons. The maximum absolute atomic E-state index is 14.2. The second-order valence-corrected chi connectivity index (χ2v) is 11.1. The van der Waals surface area contributed by atoms with E-state index in [-0.39, 0.29) is 58.6 Å². The van der Waals surface area contributed by atoms with E-state index in [4.69, 9.17) is 0 Å². The third-order valence-corrected chi connectivity index (χ3v) is 7.87. The molecule has 39 heavy (non-hydrogen) atoms. The molecular formula is C29H29F2N5O3. The van der Waals surface area contributed by atoms with Crippen molar-refractivity contribution in [3.05, 3.63) is 65.6 Å². The van der Waals surface area contributed by atoms with Crippen molar-refractivity contribution in [3.8, 4) is 0 Å². The first-order chi connectivity index (χ1) is 18.7. The summed E-state index contributed by atoms with van der Waals surface area (Å²) in [6.07, 6.45) is 1.17. The van der Waals surface area contributed by atoms with Crippen LogP contribution < -0.4 is 0 Å². The molecule has 8 nitrogen and oxygen atoms in total. The molecule has 4 heterocycles. The van der Waals surface area contributed by atoms with Crippen LogP contribution in [0.1, 0.15) is 54.2 Å². The monoisotopic (exact) mass is 533 g/mol. The third-order valence-electron chi connectivity index (χ3n) is 7.87. The molecule has 202 valence electrons. The number of benzene rings is 2. The van der Waals surface area contributed by atoms with Crippen molar-refractivity contribution in [3.63, 3.8) is 0 Å². The summed E-state index contributed by atoms with van der Waals surface area (Å²) < 4.78 is 27.8. The number of nitrogens with one attached hydrogen (secondary N) is 2. The van der Waals surface area contributed by atoms with E-state index in [2.05, 4.69) is 15.0 Å². The molecule has 4 aromatic rings. The number of carbonyl (C=O) groups is 3. The van der Waals surface area contributed by atoms with E-state index in [1.807, 2.05) is 43.0 Å². The normalized spacial score (nSPS) is 19.5. The van der Waals surface area contributed by atoms with Crippen molar-refractivity contribution < 1.29 is 23.2 Å². The number of rotatable bonds is 7. The lowest BCUT2D eigenvalue weighted by molar-refractivity contribution is -0.138. The van der Waals surface area contributed by atoms with Gasteiger partial charge in [-0.25, -0.2) is 13.8 Å². The highest BCUT2D eigenvalue weighted by molar-refractivity contribution is 6.01. The van der Waals surface area contributed by atoms with Gasteiger partial charge in [0, 0.05) is 36.9 Å². The maximum Gasteiger partial charge on any atom is 0.290 e. The molecule has 2 N–H and O–H groups in total. The molecule has 2 bridgehead atoms. The van der Waals surface area contributed by atoms with Gasteiger partial charge in [-0.3, -0.25) is 14.4 Å². The van der Waals surface area contributed by atoms with Crippen molar-refractivity contribution >= 4 is 39.5 Å². The molecule has 10 heteroatoms. The van der Waals surface area contributed by atoms with Crippen molar-refractivity contribution in [2.24, 2.45) is 11.8 Å². The predicted octanol–water partition coefficient (Wildman–Crippen LogP) is 4.68. The van der Waals surface area contributed by atoms with Crippen LogP contribution in [0.25, 0.3) is 21.9 Å². The molecule has 0 aliphatic carbocycles. The van der Waals surface area contributed by atoms with E-state index in [0.717, 1.165) is 23.2 Å². The second-order valence-electron chi connectivity index (χ2n) is 11.1. The molecule has 3 atom stereocenters. The number of halogens is 2. The Morgan fingerprint density at radius 1 is 1.00 bits per heavy atom. The minimum Gasteiger partial charge on any atom is -0.352 e. The lowest BCUT2D eigenvalue weighted by Crippen LogP contribution is -2.52. The summed E-state index contributed by atoms with van der Waals surface area (Å²) in [6, 6.07) is 10.5. The largest absolute Gasteiger partial charge is 0.352 e. The molecule has 2 amide bonds. The molecular weight excluding hydrogens is 504 g/mol. The number of piperazine rings is 1. The van der Waals surface area contributed by atoms with Crippen molar-refractivity contribution in [1.29, 1.82) is 0 Å². The van der Waals surface area contributed by atoms with Crippen molar-refractivity contribution in [2.45, 2.75) is 45.2 Å². The van der Waals surface area contributed by atoms with Crippen LogP contribution in [0.15, 0.2) is 42.5 Å². The van der Waals surface area contributed by atoms with Crippen LogP contribution in [0.5, 0.6) is 0 Å². The Labute approximate surface area is 223 Å². The van der Waals surface area contributed by atoms with Crippen LogP contribution in [0.2, 0.25) is 0 Å². The number of hydrogen-bond acceptors (Lipinski definition) is 4. The Morgan fingerprint density at radius 2 is 1.74 bits per heavy atom. The summed E-state index contributed by atoms with van der Waals surface area (Å²) in [5.41, 5.74) is 1.88. The van der Waals surface area contributed by atoms with Gasteiger partial charge in [-0.1, -0.05) is 26.0 Å². The topological polar surface area (TPSA) is 102 Å². The number of nitrogens with zero attached hydrogens (tertiary/aromatic N) is 3. The second kappa shape index (κ2) is 9.59. The van der Waals surface area contributed by atoms with Gasteiger partial charge in [0.1, 0.15) is 11.6 Å².